The van der Waals surface area contributed by atoms with Gasteiger partial charge < -0.3 is 15.8 Å². The van der Waals surface area contributed by atoms with Crippen LogP contribution in [0.4, 0.5) is 5.69 Å². The molecule has 5 nitrogen and oxygen atoms in total. The van der Waals surface area contributed by atoms with Crippen LogP contribution >= 0.6 is 0 Å². The van der Waals surface area contributed by atoms with Gasteiger partial charge in [0.25, 0.3) is 5.91 Å². The van der Waals surface area contributed by atoms with Crippen LogP contribution in [0, 0.1) is 13.8 Å². The van der Waals surface area contributed by atoms with Crippen molar-refractivity contribution < 1.29 is 14.3 Å². The second kappa shape index (κ2) is 6.96. The Kier molecular flexibility index (Phi) is 5.01. The lowest BCUT2D eigenvalue weighted by Gasteiger charge is -2.17. The van der Waals surface area contributed by atoms with E-state index < -0.39 is 12.0 Å². The quantitative estimate of drug-likeness (QED) is 0.890. The first-order valence-electron chi connectivity index (χ1n) is 7.32. The van der Waals surface area contributed by atoms with Gasteiger partial charge in [-0.3, -0.25) is 9.59 Å². The third kappa shape index (κ3) is 3.88. The Labute approximate surface area is 135 Å². The second-order valence-electron chi connectivity index (χ2n) is 5.36. The van der Waals surface area contributed by atoms with E-state index in [1.807, 2.05) is 31.2 Å². The Balaban J connectivity index is 2.12. The molecule has 0 aromatic heterocycles. The largest absolute Gasteiger partial charge is 0.481 e. The first kappa shape index (κ1) is 16.5. The Morgan fingerprint density at radius 2 is 1.78 bits per heavy atom. The molecule has 5 heteroatoms. The van der Waals surface area contributed by atoms with Crippen LogP contribution in [0.1, 0.15) is 28.4 Å². The zero-order valence-corrected chi connectivity index (χ0v) is 13.4. The molecule has 2 aromatic rings. The number of carbonyl (C=O) groups is 2. The van der Waals surface area contributed by atoms with Gasteiger partial charge in [0, 0.05) is 11.3 Å². The zero-order chi connectivity index (χ0) is 17.0. The van der Waals surface area contributed by atoms with Crippen molar-refractivity contribution in [1.82, 2.24) is 0 Å². The first-order valence-corrected chi connectivity index (χ1v) is 7.32. The standard InChI is InChI=1S/C18H20N2O3/c1-11-7-4-5-10-16(11)23-13(3)18(22)20-15-9-6-8-14(12(15)2)17(19)21/h4-10,13H,1-3H3,(H2,19,21)(H,20,22)/t13-/m0/s1. The van der Waals surface area contributed by atoms with E-state index in [1.165, 1.54) is 0 Å². The molecule has 120 valence electrons. The lowest BCUT2D eigenvalue weighted by Crippen LogP contribution is -2.30. The molecule has 0 aliphatic rings. The Morgan fingerprint density at radius 1 is 1.09 bits per heavy atom. The lowest BCUT2D eigenvalue weighted by atomic mass is 10.1. The van der Waals surface area contributed by atoms with Crippen LogP contribution in [0.5, 0.6) is 5.75 Å². The molecule has 0 bridgehead atoms. The van der Waals surface area contributed by atoms with Gasteiger partial charge in [-0.1, -0.05) is 24.3 Å². The zero-order valence-electron chi connectivity index (χ0n) is 13.4. The average molecular weight is 312 g/mol. The van der Waals surface area contributed by atoms with Gasteiger partial charge >= 0.3 is 0 Å². The van der Waals surface area contributed by atoms with Crippen molar-refractivity contribution in [3.05, 3.63) is 59.2 Å². The highest BCUT2D eigenvalue weighted by Gasteiger charge is 2.17. The van der Waals surface area contributed by atoms with Crippen LogP contribution in [0.25, 0.3) is 0 Å². The summed E-state index contributed by atoms with van der Waals surface area (Å²) in [6, 6.07) is 12.5. The number of nitrogens with one attached hydrogen (secondary N) is 1. The summed E-state index contributed by atoms with van der Waals surface area (Å²) in [7, 11) is 0. The number of nitrogens with two attached hydrogens (primary N) is 1. The van der Waals surface area contributed by atoms with E-state index in [0.717, 1.165) is 5.56 Å². The van der Waals surface area contributed by atoms with Gasteiger partial charge in [-0.05, 0) is 50.1 Å². The van der Waals surface area contributed by atoms with Gasteiger partial charge in [-0.2, -0.15) is 0 Å². The predicted molar refractivity (Wildman–Crippen MR) is 89.6 cm³/mol. The van der Waals surface area contributed by atoms with Gasteiger partial charge in [-0.15, -0.1) is 0 Å². The fraction of sp³-hybridized carbons (Fsp3) is 0.222. The van der Waals surface area contributed by atoms with E-state index in [1.54, 1.807) is 32.0 Å². The molecular formula is C18H20N2O3. The minimum Gasteiger partial charge on any atom is -0.481 e. The van der Waals surface area contributed by atoms with Crippen LogP contribution in [0.2, 0.25) is 0 Å². The number of benzene rings is 2. The molecule has 0 saturated carbocycles. The second-order valence-corrected chi connectivity index (χ2v) is 5.36. The molecule has 0 heterocycles. The van der Waals surface area contributed by atoms with Crippen LogP contribution in [-0.2, 0) is 4.79 Å². The highest BCUT2D eigenvalue weighted by molar-refractivity contribution is 5.99. The SMILES string of the molecule is Cc1ccccc1O[C@@H](C)C(=O)Nc1cccc(C(N)=O)c1C. The molecular weight excluding hydrogens is 292 g/mol. The maximum Gasteiger partial charge on any atom is 0.265 e. The first-order chi connectivity index (χ1) is 10.9. The van der Waals surface area contributed by atoms with Gasteiger partial charge in [0.1, 0.15) is 5.75 Å². The smallest absolute Gasteiger partial charge is 0.265 e. The van der Waals surface area contributed by atoms with Crippen LogP contribution in [-0.4, -0.2) is 17.9 Å². The number of amides is 2. The van der Waals surface area contributed by atoms with Crippen molar-refractivity contribution in [1.29, 1.82) is 0 Å². The molecule has 0 aliphatic carbocycles. The minimum absolute atomic E-state index is 0.294. The fourth-order valence-corrected chi connectivity index (χ4v) is 2.20. The summed E-state index contributed by atoms with van der Waals surface area (Å²) in [5, 5.41) is 2.77. The number of rotatable bonds is 5. The predicted octanol–water partition coefficient (Wildman–Crippen LogP) is 2.81. The third-order valence-electron chi connectivity index (χ3n) is 3.62. The van der Waals surface area contributed by atoms with Crippen molar-refractivity contribution in [3.8, 4) is 5.75 Å². The summed E-state index contributed by atoms with van der Waals surface area (Å²) < 4.78 is 5.69. The monoisotopic (exact) mass is 312 g/mol. The van der Waals surface area contributed by atoms with E-state index in [4.69, 9.17) is 10.5 Å². The van der Waals surface area contributed by atoms with Crippen LogP contribution in [0.15, 0.2) is 42.5 Å². The van der Waals surface area contributed by atoms with Crippen molar-refractivity contribution in [2.75, 3.05) is 5.32 Å². The van der Waals surface area contributed by atoms with E-state index >= 15 is 0 Å². The molecule has 0 aliphatic heterocycles. The summed E-state index contributed by atoms with van der Waals surface area (Å²) in [4.78, 5) is 23.7. The maximum atomic E-state index is 12.3. The number of ether oxygens (including phenoxy) is 1. The third-order valence-corrected chi connectivity index (χ3v) is 3.62. The van der Waals surface area contributed by atoms with Crippen LogP contribution in [0.3, 0.4) is 0 Å². The molecule has 0 saturated heterocycles. The molecule has 0 unspecified atom stereocenters. The van der Waals surface area contributed by atoms with E-state index in [9.17, 15) is 9.59 Å². The highest BCUT2D eigenvalue weighted by Crippen LogP contribution is 2.21. The number of anilines is 1. The molecule has 23 heavy (non-hydrogen) atoms. The normalized spacial score (nSPS) is 11.6. The van der Waals surface area contributed by atoms with Crippen molar-refractivity contribution >= 4 is 17.5 Å². The highest BCUT2D eigenvalue weighted by atomic mass is 16.5. The fourth-order valence-electron chi connectivity index (χ4n) is 2.20. The molecule has 2 amide bonds. The van der Waals surface area contributed by atoms with E-state index in [-0.39, 0.29) is 5.91 Å². The van der Waals surface area contributed by atoms with E-state index in [2.05, 4.69) is 5.32 Å². The molecule has 0 fully saturated rings. The van der Waals surface area contributed by atoms with Gasteiger partial charge in [0.15, 0.2) is 6.10 Å². The van der Waals surface area contributed by atoms with E-state index in [0.29, 0.717) is 22.6 Å². The molecule has 2 rings (SSSR count). The molecule has 2 aromatic carbocycles. The Morgan fingerprint density at radius 3 is 2.43 bits per heavy atom. The van der Waals surface area contributed by atoms with Crippen molar-refractivity contribution in [2.24, 2.45) is 5.73 Å². The summed E-state index contributed by atoms with van der Waals surface area (Å²) >= 11 is 0. The van der Waals surface area contributed by atoms with Crippen molar-refractivity contribution in [3.63, 3.8) is 0 Å². The average Bonchev–Trinajstić information content (AvgIpc) is 2.51. The Bertz CT molecular complexity index is 741. The van der Waals surface area contributed by atoms with Gasteiger partial charge in [0.05, 0.1) is 0 Å². The number of hydrogen-bond acceptors (Lipinski definition) is 3. The topological polar surface area (TPSA) is 81.4 Å². The molecule has 0 radical (unpaired) electrons. The molecule has 3 N–H and O–H groups in total. The number of para-hydroxylation sites is 1. The number of hydrogen-bond donors (Lipinski definition) is 2. The summed E-state index contributed by atoms with van der Waals surface area (Å²) in [5.41, 5.74) is 7.84. The maximum absolute atomic E-state index is 12.3. The lowest BCUT2D eigenvalue weighted by molar-refractivity contribution is -0.122. The Hall–Kier alpha value is -2.82. The number of primary amides is 1. The number of aryl methyl sites for hydroxylation is 1. The van der Waals surface area contributed by atoms with Gasteiger partial charge in [-0.25, -0.2) is 0 Å². The number of carbonyl (C=O) groups excluding carboxylic acids is 2. The van der Waals surface area contributed by atoms with Gasteiger partial charge in [0.2, 0.25) is 5.91 Å². The minimum atomic E-state index is -0.673. The van der Waals surface area contributed by atoms with Crippen LogP contribution < -0.4 is 15.8 Å². The summed E-state index contributed by atoms with van der Waals surface area (Å²) in [6.07, 6.45) is -0.673. The molecule has 1 atom stereocenters. The van der Waals surface area contributed by atoms with Crippen molar-refractivity contribution in [2.45, 2.75) is 26.9 Å². The molecule has 0 spiro atoms. The summed E-state index contributed by atoms with van der Waals surface area (Å²) in [6.45, 7) is 5.33. The summed E-state index contributed by atoms with van der Waals surface area (Å²) in [5.74, 6) is -0.154.